The summed E-state index contributed by atoms with van der Waals surface area (Å²) in [5.74, 6) is 0.273. The molecule has 0 aliphatic heterocycles. The number of methoxy groups -OCH3 is 1. The van der Waals surface area contributed by atoms with Crippen molar-refractivity contribution in [1.82, 2.24) is 5.32 Å². The summed E-state index contributed by atoms with van der Waals surface area (Å²) in [6.07, 6.45) is 2.03. The summed E-state index contributed by atoms with van der Waals surface area (Å²) < 4.78 is 5.06. The van der Waals surface area contributed by atoms with Gasteiger partial charge in [-0.2, -0.15) is 0 Å². The standard InChI is InChI=1S/C15H25NO3/c1-10(9-19-5)16-12(18)15-7-6-14(4,11(17)8-15)13(15,2)3/h10H,6-9H2,1-5H3,(H,16,18)/t10-,14+,15+/m1/s1. The largest absolute Gasteiger partial charge is 0.383 e. The van der Waals surface area contributed by atoms with Gasteiger partial charge in [-0.05, 0) is 25.2 Å². The molecular formula is C15H25NO3. The Morgan fingerprint density at radius 3 is 2.42 bits per heavy atom. The minimum Gasteiger partial charge on any atom is -0.383 e. The zero-order valence-electron chi connectivity index (χ0n) is 12.6. The number of ether oxygens (including phenoxy) is 1. The number of Topliss-reactive ketones (excluding diaryl/α,β-unsaturated/α-hetero) is 1. The zero-order valence-corrected chi connectivity index (χ0v) is 12.6. The molecule has 3 atom stereocenters. The molecule has 108 valence electrons. The molecular weight excluding hydrogens is 242 g/mol. The molecule has 2 bridgehead atoms. The van der Waals surface area contributed by atoms with E-state index in [9.17, 15) is 9.59 Å². The van der Waals surface area contributed by atoms with Gasteiger partial charge in [-0.15, -0.1) is 0 Å². The van der Waals surface area contributed by atoms with Gasteiger partial charge in [0.1, 0.15) is 5.78 Å². The predicted molar refractivity (Wildman–Crippen MR) is 72.7 cm³/mol. The molecule has 2 rings (SSSR count). The van der Waals surface area contributed by atoms with Crippen LogP contribution in [0, 0.1) is 16.2 Å². The van der Waals surface area contributed by atoms with Gasteiger partial charge >= 0.3 is 0 Å². The number of amides is 1. The average molecular weight is 267 g/mol. The lowest BCUT2D eigenvalue weighted by atomic mass is 9.64. The second kappa shape index (κ2) is 4.30. The number of carbonyl (C=O) groups is 2. The topological polar surface area (TPSA) is 55.4 Å². The summed E-state index contributed by atoms with van der Waals surface area (Å²) >= 11 is 0. The Morgan fingerprint density at radius 1 is 1.37 bits per heavy atom. The van der Waals surface area contributed by atoms with Gasteiger partial charge in [0.15, 0.2) is 0 Å². The van der Waals surface area contributed by atoms with Crippen molar-refractivity contribution in [3.05, 3.63) is 0 Å². The third-order valence-corrected chi connectivity index (χ3v) is 5.93. The summed E-state index contributed by atoms with van der Waals surface area (Å²) in [5, 5.41) is 3.02. The van der Waals surface area contributed by atoms with Crippen molar-refractivity contribution in [3.8, 4) is 0 Å². The van der Waals surface area contributed by atoms with E-state index < -0.39 is 5.41 Å². The maximum absolute atomic E-state index is 12.7. The molecule has 4 nitrogen and oxygen atoms in total. The molecule has 1 N–H and O–H groups in total. The molecule has 2 aliphatic rings. The van der Waals surface area contributed by atoms with Crippen LogP contribution in [0.3, 0.4) is 0 Å². The van der Waals surface area contributed by atoms with Crippen molar-refractivity contribution >= 4 is 11.7 Å². The van der Waals surface area contributed by atoms with E-state index in [1.165, 1.54) is 0 Å². The second-order valence-corrected chi connectivity index (χ2v) is 6.97. The van der Waals surface area contributed by atoms with E-state index in [4.69, 9.17) is 4.74 Å². The van der Waals surface area contributed by atoms with Gasteiger partial charge in [-0.3, -0.25) is 9.59 Å². The van der Waals surface area contributed by atoms with Gasteiger partial charge in [0.05, 0.1) is 12.0 Å². The molecule has 0 aromatic carbocycles. The Bertz CT molecular complexity index is 418. The van der Waals surface area contributed by atoms with Gasteiger partial charge in [0.25, 0.3) is 0 Å². The molecule has 0 radical (unpaired) electrons. The van der Waals surface area contributed by atoms with Crippen molar-refractivity contribution < 1.29 is 14.3 Å². The highest BCUT2D eigenvalue weighted by molar-refractivity contribution is 5.99. The first kappa shape index (κ1) is 14.5. The first-order valence-corrected chi connectivity index (χ1v) is 7.04. The number of rotatable bonds is 4. The molecule has 0 spiro atoms. The first-order valence-electron chi connectivity index (χ1n) is 7.04. The Morgan fingerprint density at radius 2 is 2.00 bits per heavy atom. The summed E-state index contributed by atoms with van der Waals surface area (Å²) in [6, 6.07) is -0.0229. The molecule has 2 aliphatic carbocycles. The SMILES string of the molecule is COC[C@@H](C)NC(=O)[C@]12CC[C@@](C)(C(=O)C1)C2(C)C. The van der Waals surface area contributed by atoms with Crippen LogP contribution in [0.1, 0.15) is 47.0 Å². The Kier molecular flexibility index (Phi) is 3.28. The van der Waals surface area contributed by atoms with Crippen LogP contribution in [-0.4, -0.2) is 31.4 Å². The molecule has 1 amide bonds. The fourth-order valence-electron chi connectivity index (χ4n) is 4.01. The molecule has 0 saturated heterocycles. The summed E-state index contributed by atoms with van der Waals surface area (Å²) in [4.78, 5) is 25.0. The summed E-state index contributed by atoms with van der Waals surface area (Å²) in [6.45, 7) is 8.59. The normalized spacial score (nSPS) is 37.4. The number of fused-ring (bicyclic) bond motifs is 2. The smallest absolute Gasteiger partial charge is 0.227 e. The number of hydrogen-bond acceptors (Lipinski definition) is 3. The van der Waals surface area contributed by atoms with E-state index in [2.05, 4.69) is 19.2 Å². The zero-order chi connectivity index (χ0) is 14.5. The molecule has 0 aromatic heterocycles. The lowest BCUT2D eigenvalue weighted by Gasteiger charge is -2.39. The van der Waals surface area contributed by atoms with Gasteiger partial charge in [-0.1, -0.05) is 20.8 Å². The molecule has 19 heavy (non-hydrogen) atoms. The molecule has 0 heterocycles. The Balaban J connectivity index is 2.24. The Labute approximate surface area is 115 Å². The van der Waals surface area contributed by atoms with E-state index >= 15 is 0 Å². The first-order chi connectivity index (χ1) is 8.71. The molecule has 2 saturated carbocycles. The van der Waals surface area contributed by atoms with Crippen molar-refractivity contribution in [1.29, 1.82) is 0 Å². The van der Waals surface area contributed by atoms with Crippen LogP contribution in [0.15, 0.2) is 0 Å². The summed E-state index contributed by atoms with van der Waals surface area (Å²) in [5.41, 5.74) is -1.14. The third-order valence-electron chi connectivity index (χ3n) is 5.93. The summed E-state index contributed by atoms with van der Waals surface area (Å²) in [7, 11) is 1.62. The van der Waals surface area contributed by atoms with Gasteiger partial charge in [-0.25, -0.2) is 0 Å². The minimum absolute atomic E-state index is 0.0229. The van der Waals surface area contributed by atoms with E-state index in [-0.39, 0.29) is 28.6 Å². The van der Waals surface area contributed by atoms with Crippen LogP contribution < -0.4 is 5.32 Å². The van der Waals surface area contributed by atoms with Crippen molar-refractivity contribution in [2.45, 2.75) is 53.0 Å². The van der Waals surface area contributed by atoms with Crippen LogP contribution in [0.2, 0.25) is 0 Å². The van der Waals surface area contributed by atoms with Crippen molar-refractivity contribution in [2.75, 3.05) is 13.7 Å². The quantitative estimate of drug-likeness (QED) is 0.846. The highest BCUT2D eigenvalue weighted by Gasteiger charge is 2.72. The van der Waals surface area contributed by atoms with E-state index in [0.29, 0.717) is 13.0 Å². The third kappa shape index (κ3) is 1.69. The van der Waals surface area contributed by atoms with Gasteiger partial charge < -0.3 is 10.1 Å². The van der Waals surface area contributed by atoms with E-state index in [1.807, 2.05) is 13.8 Å². The fraction of sp³-hybridized carbons (Fsp3) is 0.867. The number of carbonyl (C=O) groups excluding carboxylic acids is 2. The number of nitrogens with one attached hydrogen (secondary N) is 1. The van der Waals surface area contributed by atoms with Crippen LogP contribution in [-0.2, 0) is 14.3 Å². The average Bonchev–Trinajstić information content (AvgIpc) is 2.59. The van der Waals surface area contributed by atoms with Crippen LogP contribution in [0.25, 0.3) is 0 Å². The highest BCUT2D eigenvalue weighted by Crippen LogP contribution is 2.70. The molecule has 0 unspecified atom stereocenters. The lowest BCUT2D eigenvalue weighted by Crippen LogP contribution is -2.50. The second-order valence-electron chi connectivity index (χ2n) is 6.97. The van der Waals surface area contributed by atoms with Crippen LogP contribution >= 0.6 is 0 Å². The van der Waals surface area contributed by atoms with E-state index in [1.54, 1.807) is 7.11 Å². The lowest BCUT2D eigenvalue weighted by molar-refractivity contribution is -0.137. The van der Waals surface area contributed by atoms with Crippen molar-refractivity contribution in [3.63, 3.8) is 0 Å². The Hall–Kier alpha value is -0.900. The molecule has 0 aromatic rings. The maximum Gasteiger partial charge on any atom is 0.227 e. The van der Waals surface area contributed by atoms with Crippen molar-refractivity contribution in [2.24, 2.45) is 16.2 Å². The van der Waals surface area contributed by atoms with Gasteiger partial charge in [0, 0.05) is 25.0 Å². The van der Waals surface area contributed by atoms with Gasteiger partial charge in [0.2, 0.25) is 5.91 Å². The van der Waals surface area contributed by atoms with Crippen LogP contribution in [0.5, 0.6) is 0 Å². The molecule has 4 heteroatoms. The molecule has 2 fully saturated rings. The number of hydrogen-bond donors (Lipinski definition) is 1. The maximum atomic E-state index is 12.7. The minimum atomic E-state index is -0.527. The fourth-order valence-corrected chi connectivity index (χ4v) is 4.01. The predicted octanol–water partition coefficient (Wildman–Crippen LogP) is 1.92. The van der Waals surface area contributed by atoms with E-state index in [0.717, 1.165) is 12.8 Å². The number of ketones is 1. The highest BCUT2D eigenvalue weighted by atomic mass is 16.5. The monoisotopic (exact) mass is 267 g/mol. The van der Waals surface area contributed by atoms with Crippen LogP contribution in [0.4, 0.5) is 0 Å².